The van der Waals surface area contributed by atoms with Crippen molar-refractivity contribution in [3.05, 3.63) is 29.8 Å². The van der Waals surface area contributed by atoms with Crippen molar-refractivity contribution in [3.8, 4) is 0 Å². The summed E-state index contributed by atoms with van der Waals surface area (Å²) in [6.45, 7) is 5.47. The fraction of sp³-hybridized carbons (Fsp3) is 0.600. The predicted molar refractivity (Wildman–Crippen MR) is 77.8 cm³/mol. The van der Waals surface area contributed by atoms with E-state index in [0.717, 1.165) is 26.1 Å². The van der Waals surface area contributed by atoms with E-state index in [2.05, 4.69) is 36.5 Å². The van der Waals surface area contributed by atoms with Crippen LogP contribution in [0.2, 0.25) is 0 Å². The summed E-state index contributed by atoms with van der Waals surface area (Å²) in [7, 11) is 0. The Balaban J connectivity index is 1.40. The van der Waals surface area contributed by atoms with Crippen LogP contribution in [0.25, 0.3) is 0 Å². The molecule has 19 heavy (non-hydrogen) atoms. The number of hydrogen-bond donors (Lipinski definition) is 1. The van der Waals surface area contributed by atoms with E-state index in [1.165, 1.54) is 10.5 Å². The molecule has 0 bridgehead atoms. The zero-order chi connectivity index (χ0) is 13.1. The molecule has 1 aromatic rings. The summed E-state index contributed by atoms with van der Waals surface area (Å²) in [5, 5.41) is 3.93. The first-order valence-corrected chi connectivity index (χ1v) is 7.87. The summed E-state index contributed by atoms with van der Waals surface area (Å²) in [4.78, 5) is 1.42. The number of benzene rings is 1. The highest BCUT2D eigenvalue weighted by atomic mass is 32.2. The van der Waals surface area contributed by atoms with Crippen LogP contribution >= 0.6 is 11.8 Å². The molecule has 0 aliphatic carbocycles. The minimum atomic E-state index is 0.206. The van der Waals surface area contributed by atoms with E-state index in [9.17, 15) is 0 Å². The minimum Gasteiger partial charge on any atom is -0.378 e. The third-order valence-corrected chi connectivity index (χ3v) is 4.84. The van der Waals surface area contributed by atoms with Gasteiger partial charge in [-0.25, -0.2) is 0 Å². The number of fused-ring (bicyclic) bond motifs is 1. The first kappa shape index (κ1) is 13.4. The van der Waals surface area contributed by atoms with Gasteiger partial charge < -0.3 is 14.8 Å². The Hall–Kier alpha value is -0.550. The van der Waals surface area contributed by atoms with E-state index in [-0.39, 0.29) is 6.10 Å². The topological polar surface area (TPSA) is 30.5 Å². The van der Waals surface area contributed by atoms with Gasteiger partial charge in [0.25, 0.3) is 0 Å². The van der Waals surface area contributed by atoms with Crippen molar-refractivity contribution in [2.45, 2.75) is 35.7 Å². The molecule has 0 amide bonds. The van der Waals surface area contributed by atoms with Gasteiger partial charge in [0.15, 0.2) is 0 Å². The molecule has 0 aromatic heterocycles. The monoisotopic (exact) mass is 279 g/mol. The van der Waals surface area contributed by atoms with Gasteiger partial charge in [-0.1, -0.05) is 18.2 Å². The summed E-state index contributed by atoms with van der Waals surface area (Å²) in [6.07, 6.45) is 1.63. The van der Waals surface area contributed by atoms with Crippen LogP contribution in [0.1, 0.15) is 12.5 Å². The fourth-order valence-electron chi connectivity index (χ4n) is 2.65. The van der Waals surface area contributed by atoms with Crippen molar-refractivity contribution in [2.75, 3.05) is 26.3 Å². The lowest BCUT2D eigenvalue weighted by atomic mass is 10.1. The second kappa shape index (κ2) is 6.27. The fourth-order valence-corrected chi connectivity index (χ4v) is 3.89. The molecule has 1 saturated heterocycles. The van der Waals surface area contributed by atoms with Crippen LogP contribution in [0.4, 0.5) is 0 Å². The van der Waals surface area contributed by atoms with Crippen LogP contribution in [0.15, 0.2) is 29.2 Å². The van der Waals surface area contributed by atoms with Gasteiger partial charge in [0.05, 0.1) is 25.4 Å². The highest BCUT2D eigenvalue weighted by molar-refractivity contribution is 8.00. The lowest BCUT2D eigenvalue weighted by molar-refractivity contribution is -0.0681. The van der Waals surface area contributed by atoms with Crippen molar-refractivity contribution in [2.24, 2.45) is 0 Å². The predicted octanol–water partition coefficient (Wildman–Crippen LogP) is 2.10. The molecule has 2 aliphatic heterocycles. The Morgan fingerprint density at radius 1 is 1.32 bits per heavy atom. The van der Waals surface area contributed by atoms with Crippen LogP contribution in [0.3, 0.4) is 0 Å². The maximum atomic E-state index is 5.85. The van der Waals surface area contributed by atoms with Crippen LogP contribution < -0.4 is 5.32 Å². The molecule has 104 valence electrons. The third kappa shape index (κ3) is 3.51. The van der Waals surface area contributed by atoms with Gasteiger partial charge in [-0.15, -0.1) is 11.8 Å². The molecule has 2 aliphatic rings. The van der Waals surface area contributed by atoms with E-state index >= 15 is 0 Å². The van der Waals surface area contributed by atoms with Crippen LogP contribution in [0.5, 0.6) is 0 Å². The summed E-state index contributed by atoms with van der Waals surface area (Å²) in [6, 6.07) is 8.65. The van der Waals surface area contributed by atoms with Crippen molar-refractivity contribution in [1.29, 1.82) is 0 Å². The van der Waals surface area contributed by atoms with Crippen molar-refractivity contribution >= 4 is 11.8 Å². The molecule has 3 nitrogen and oxygen atoms in total. The molecule has 1 fully saturated rings. The summed E-state index contributed by atoms with van der Waals surface area (Å²) < 4.78 is 11.7. The number of thioether (sulfide) groups is 1. The minimum absolute atomic E-state index is 0.206. The average molecular weight is 279 g/mol. The van der Waals surface area contributed by atoms with Crippen LogP contribution in [-0.4, -0.2) is 43.8 Å². The number of rotatable bonds is 4. The maximum Gasteiger partial charge on any atom is 0.0936 e. The Morgan fingerprint density at radius 3 is 3.05 bits per heavy atom. The van der Waals surface area contributed by atoms with Gasteiger partial charge in [0.1, 0.15) is 0 Å². The van der Waals surface area contributed by atoms with Gasteiger partial charge in [0, 0.05) is 23.2 Å². The molecule has 0 spiro atoms. The van der Waals surface area contributed by atoms with Crippen LogP contribution in [0, 0.1) is 0 Å². The zero-order valence-corrected chi connectivity index (χ0v) is 12.1. The quantitative estimate of drug-likeness (QED) is 0.914. The first-order valence-electron chi connectivity index (χ1n) is 7.00. The normalized spacial score (nSPS) is 30.3. The standard InChI is InChI=1S/C15H21NO2S/c1-11-7-16-8-13(18-11)9-17-10-14-6-12-4-2-3-5-15(12)19-14/h2-5,11,13-14,16H,6-10H2,1H3. The van der Waals surface area contributed by atoms with Gasteiger partial charge in [-0.05, 0) is 25.0 Å². The lowest BCUT2D eigenvalue weighted by Gasteiger charge is -2.28. The van der Waals surface area contributed by atoms with E-state index in [0.29, 0.717) is 18.0 Å². The second-order valence-electron chi connectivity index (χ2n) is 5.32. The van der Waals surface area contributed by atoms with E-state index in [4.69, 9.17) is 9.47 Å². The smallest absolute Gasteiger partial charge is 0.0936 e. The number of nitrogens with one attached hydrogen (secondary N) is 1. The largest absolute Gasteiger partial charge is 0.378 e. The lowest BCUT2D eigenvalue weighted by Crippen LogP contribution is -2.45. The van der Waals surface area contributed by atoms with Crippen LogP contribution in [-0.2, 0) is 15.9 Å². The maximum absolute atomic E-state index is 5.85. The highest BCUT2D eigenvalue weighted by Gasteiger charge is 2.23. The molecule has 3 atom stereocenters. The van der Waals surface area contributed by atoms with Gasteiger partial charge in [-0.2, -0.15) is 0 Å². The van der Waals surface area contributed by atoms with E-state index < -0.39 is 0 Å². The number of hydrogen-bond acceptors (Lipinski definition) is 4. The molecule has 4 heteroatoms. The number of morpholine rings is 1. The Bertz CT molecular complexity index is 401. The molecule has 0 radical (unpaired) electrons. The van der Waals surface area contributed by atoms with E-state index in [1.54, 1.807) is 0 Å². The second-order valence-corrected chi connectivity index (χ2v) is 6.66. The zero-order valence-electron chi connectivity index (χ0n) is 11.3. The van der Waals surface area contributed by atoms with Gasteiger partial charge >= 0.3 is 0 Å². The molecule has 0 saturated carbocycles. The average Bonchev–Trinajstić information content (AvgIpc) is 2.81. The van der Waals surface area contributed by atoms with Crippen molar-refractivity contribution in [3.63, 3.8) is 0 Å². The molecular formula is C15H21NO2S. The third-order valence-electron chi connectivity index (χ3n) is 3.55. The van der Waals surface area contributed by atoms with Gasteiger partial charge in [-0.3, -0.25) is 0 Å². The first-order chi connectivity index (χ1) is 9.31. The molecule has 3 unspecified atom stereocenters. The molecule has 3 rings (SSSR count). The molecule has 1 N–H and O–H groups in total. The van der Waals surface area contributed by atoms with E-state index in [1.807, 2.05) is 11.8 Å². The highest BCUT2D eigenvalue weighted by Crippen LogP contribution is 2.36. The summed E-state index contributed by atoms with van der Waals surface area (Å²) in [5.41, 5.74) is 1.46. The molecular weight excluding hydrogens is 258 g/mol. The Kier molecular flexibility index (Phi) is 4.43. The molecule has 1 aromatic carbocycles. The Morgan fingerprint density at radius 2 is 2.21 bits per heavy atom. The Labute approximate surface area is 119 Å². The van der Waals surface area contributed by atoms with Gasteiger partial charge in [0.2, 0.25) is 0 Å². The van der Waals surface area contributed by atoms with Crippen molar-refractivity contribution in [1.82, 2.24) is 5.32 Å². The summed E-state index contributed by atoms with van der Waals surface area (Å²) in [5.74, 6) is 0. The van der Waals surface area contributed by atoms with Crippen molar-refractivity contribution < 1.29 is 9.47 Å². The number of ether oxygens (including phenoxy) is 2. The summed E-state index contributed by atoms with van der Waals surface area (Å²) >= 11 is 1.94. The SMILES string of the molecule is CC1CNCC(COCC2Cc3ccccc3S2)O1. The molecule has 2 heterocycles.